The number of hydrogen-bond donors (Lipinski definition) is 0. The summed E-state index contributed by atoms with van der Waals surface area (Å²) in [5.74, 6) is 5.60. The van der Waals surface area contributed by atoms with Crippen LogP contribution in [0.25, 0.3) is 0 Å². The van der Waals surface area contributed by atoms with Gasteiger partial charge >= 0.3 is 0 Å². The SMILES string of the molecule is C[CH]CCCCCCOC1CC[C@@]2(C)C(=CC[C@H]3[C@@H]4CC[C@H]([C@H](C)CCCC(C)C)[C@@]4(C)CC[C@@H]32)C1. The van der Waals surface area contributed by atoms with Gasteiger partial charge in [-0.1, -0.05) is 98.1 Å². The quantitative estimate of drug-likeness (QED) is 0.181. The summed E-state index contributed by atoms with van der Waals surface area (Å²) in [6, 6.07) is 0. The third-order valence-electron chi connectivity index (χ3n) is 12.0. The first-order chi connectivity index (χ1) is 17.3. The van der Waals surface area contributed by atoms with Crippen LogP contribution in [0.5, 0.6) is 0 Å². The van der Waals surface area contributed by atoms with Crippen molar-refractivity contribution >= 4 is 0 Å². The minimum absolute atomic E-state index is 0.460. The van der Waals surface area contributed by atoms with E-state index in [4.69, 9.17) is 4.74 Å². The Hall–Kier alpha value is -0.300. The van der Waals surface area contributed by atoms with Gasteiger partial charge in [-0.05, 0) is 111 Å². The van der Waals surface area contributed by atoms with Gasteiger partial charge in [0.05, 0.1) is 6.10 Å². The first-order valence-corrected chi connectivity index (χ1v) is 16.4. The highest BCUT2D eigenvalue weighted by molar-refractivity contribution is 5.25. The highest BCUT2D eigenvalue weighted by Gasteiger charge is 2.59. The lowest BCUT2D eigenvalue weighted by Crippen LogP contribution is -2.51. The first-order valence-electron chi connectivity index (χ1n) is 16.4. The van der Waals surface area contributed by atoms with Crippen molar-refractivity contribution in [2.45, 2.75) is 150 Å². The van der Waals surface area contributed by atoms with Gasteiger partial charge in [0.2, 0.25) is 0 Å². The molecule has 0 amide bonds. The molecule has 0 heterocycles. The van der Waals surface area contributed by atoms with E-state index in [0.29, 0.717) is 16.9 Å². The summed E-state index contributed by atoms with van der Waals surface area (Å²) >= 11 is 0. The number of fused-ring (bicyclic) bond motifs is 5. The van der Waals surface area contributed by atoms with Gasteiger partial charge < -0.3 is 4.74 Å². The average Bonchev–Trinajstić information content (AvgIpc) is 3.20. The average molecular weight is 498 g/mol. The maximum atomic E-state index is 6.44. The zero-order valence-electron chi connectivity index (χ0n) is 25.1. The van der Waals surface area contributed by atoms with Gasteiger partial charge in [0.15, 0.2) is 0 Å². The minimum Gasteiger partial charge on any atom is -0.378 e. The third-order valence-corrected chi connectivity index (χ3v) is 12.0. The normalized spacial score (nSPS) is 38.9. The maximum absolute atomic E-state index is 6.44. The van der Waals surface area contributed by atoms with Crippen LogP contribution in [0, 0.1) is 52.8 Å². The lowest BCUT2D eigenvalue weighted by atomic mass is 9.47. The Labute approximate surface area is 226 Å². The lowest BCUT2D eigenvalue weighted by molar-refractivity contribution is -0.0641. The summed E-state index contributed by atoms with van der Waals surface area (Å²) in [7, 11) is 0. The molecule has 1 unspecified atom stereocenters. The first kappa shape index (κ1) is 28.7. The van der Waals surface area contributed by atoms with E-state index in [1.54, 1.807) is 5.57 Å². The highest BCUT2D eigenvalue weighted by Crippen LogP contribution is 2.67. The van der Waals surface area contributed by atoms with E-state index >= 15 is 0 Å². The van der Waals surface area contributed by atoms with E-state index in [1.807, 2.05) is 0 Å². The topological polar surface area (TPSA) is 9.23 Å². The Morgan fingerprint density at radius 1 is 0.917 bits per heavy atom. The van der Waals surface area contributed by atoms with E-state index in [0.717, 1.165) is 42.1 Å². The number of ether oxygens (including phenoxy) is 1. The van der Waals surface area contributed by atoms with Gasteiger partial charge in [-0.2, -0.15) is 0 Å². The van der Waals surface area contributed by atoms with Crippen molar-refractivity contribution in [3.8, 4) is 0 Å². The van der Waals surface area contributed by atoms with Crippen LogP contribution >= 0.6 is 0 Å². The van der Waals surface area contributed by atoms with Crippen molar-refractivity contribution in [3.63, 3.8) is 0 Å². The van der Waals surface area contributed by atoms with Crippen molar-refractivity contribution in [2.24, 2.45) is 46.3 Å². The molecular weight excluding hydrogens is 436 g/mol. The molecule has 0 aromatic rings. The fraction of sp³-hybridized carbons (Fsp3) is 0.914. The van der Waals surface area contributed by atoms with Crippen LogP contribution in [0.2, 0.25) is 0 Å². The number of rotatable bonds is 13. The van der Waals surface area contributed by atoms with Crippen LogP contribution in [0.4, 0.5) is 0 Å². The molecule has 4 rings (SSSR count). The second kappa shape index (κ2) is 12.7. The summed E-state index contributed by atoms with van der Waals surface area (Å²) in [4.78, 5) is 0. The minimum atomic E-state index is 0.460. The number of hydrogen-bond acceptors (Lipinski definition) is 1. The molecule has 0 spiro atoms. The Kier molecular flexibility index (Phi) is 10.1. The molecule has 3 fully saturated rings. The molecule has 1 radical (unpaired) electrons. The molecule has 1 heteroatoms. The molecule has 0 aliphatic heterocycles. The Morgan fingerprint density at radius 2 is 1.72 bits per heavy atom. The standard InChI is InChI=1S/C35H61O/c1-7-8-9-10-11-12-24-36-29-20-22-34(5)28(25-29)16-17-30-32-19-18-31(27(4)15-13-14-26(2)3)35(32,6)23-21-33(30)34/h7,16,26-27,29-33H,8-15,17-25H2,1-6H3/t27-,29?,30+,31-,32+,33+,34+,35-/m1/s1. The predicted octanol–water partition coefficient (Wildman–Crippen LogP) is 10.6. The zero-order valence-corrected chi connectivity index (χ0v) is 25.1. The molecule has 4 aliphatic rings. The Bertz CT molecular complexity index is 707. The summed E-state index contributed by atoms with van der Waals surface area (Å²) in [5, 5.41) is 0. The maximum Gasteiger partial charge on any atom is 0.0612 e. The molecule has 8 atom stereocenters. The fourth-order valence-electron chi connectivity index (χ4n) is 9.85. The monoisotopic (exact) mass is 497 g/mol. The molecular formula is C35H61O. The van der Waals surface area contributed by atoms with E-state index in [-0.39, 0.29) is 0 Å². The summed E-state index contributed by atoms with van der Waals surface area (Å²) in [6.45, 7) is 15.9. The van der Waals surface area contributed by atoms with Crippen molar-refractivity contribution in [1.29, 1.82) is 0 Å². The number of allylic oxidation sites excluding steroid dienone is 1. The van der Waals surface area contributed by atoms with Crippen LogP contribution in [0.3, 0.4) is 0 Å². The highest BCUT2D eigenvalue weighted by atomic mass is 16.5. The zero-order chi connectivity index (χ0) is 25.8. The van der Waals surface area contributed by atoms with Gasteiger partial charge in [-0.25, -0.2) is 0 Å². The molecule has 207 valence electrons. The van der Waals surface area contributed by atoms with Crippen LogP contribution < -0.4 is 0 Å². The van der Waals surface area contributed by atoms with Crippen LogP contribution in [0.1, 0.15) is 144 Å². The van der Waals surface area contributed by atoms with Gasteiger partial charge in [0.25, 0.3) is 0 Å². The van der Waals surface area contributed by atoms with Gasteiger partial charge in [-0.15, -0.1) is 0 Å². The summed E-state index contributed by atoms with van der Waals surface area (Å²) in [5.41, 5.74) is 2.86. The second-order valence-corrected chi connectivity index (χ2v) is 14.6. The molecule has 0 N–H and O–H groups in total. The predicted molar refractivity (Wildman–Crippen MR) is 156 cm³/mol. The largest absolute Gasteiger partial charge is 0.378 e. The second-order valence-electron chi connectivity index (χ2n) is 14.6. The molecule has 0 saturated heterocycles. The molecule has 3 saturated carbocycles. The Morgan fingerprint density at radius 3 is 2.50 bits per heavy atom. The van der Waals surface area contributed by atoms with Gasteiger partial charge in [-0.3, -0.25) is 0 Å². The molecule has 0 bridgehead atoms. The molecule has 4 aliphatic carbocycles. The van der Waals surface area contributed by atoms with Gasteiger partial charge in [0, 0.05) is 6.61 Å². The molecule has 36 heavy (non-hydrogen) atoms. The summed E-state index contributed by atoms with van der Waals surface area (Å²) in [6.07, 6.45) is 27.7. The smallest absolute Gasteiger partial charge is 0.0612 e. The van der Waals surface area contributed by atoms with Crippen LogP contribution in [0.15, 0.2) is 11.6 Å². The molecule has 1 nitrogen and oxygen atoms in total. The van der Waals surface area contributed by atoms with E-state index in [9.17, 15) is 0 Å². The van der Waals surface area contributed by atoms with Crippen LogP contribution in [-0.4, -0.2) is 12.7 Å². The van der Waals surface area contributed by atoms with Crippen LogP contribution in [-0.2, 0) is 4.74 Å². The van der Waals surface area contributed by atoms with Crippen molar-refractivity contribution in [2.75, 3.05) is 6.61 Å². The van der Waals surface area contributed by atoms with Crippen molar-refractivity contribution in [3.05, 3.63) is 18.1 Å². The molecule has 0 aromatic heterocycles. The Balaban J connectivity index is 1.31. The van der Waals surface area contributed by atoms with Crippen molar-refractivity contribution in [1.82, 2.24) is 0 Å². The van der Waals surface area contributed by atoms with Gasteiger partial charge in [0.1, 0.15) is 0 Å². The van der Waals surface area contributed by atoms with E-state index in [2.05, 4.69) is 54.0 Å². The van der Waals surface area contributed by atoms with E-state index in [1.165, 1.54) is 103 Å². The third kappa shape index (κ3) is 6.13. The summed E-state index contributed by atoms with van der Waals surface area (Å²) < 4.78 is 6.44. The number of unbranched alkanes of at least 4 members (excludes halogenated alkanes) is 5. The molecule has 0 aromatic carbocycles. The van der Waals surface area contributed by atoms with E-state index < -0.39 is 0 Å². The fourth-order valence-corrected chi connectivity index (χ4v) is 9.85. The van der Waals surface area contributed by atoms with Crippen molar-refractivity contribution < 1.29 is 4.74 Å². The lowest BCUT2D eigenvalue weighted by Gasteiger charge is -2.58.